The third-order valence-corrected chi connectivity index (χ3v) is 6.30. The SMILES string of the molecule is CCN(C)C(=O)[C@H](C)Oc1ccc2c(c1)[C@H](c1ccccc1)N(Cc1ccccc1)CC2. The highest BCUT2D eigenvalue weighted by Gasteiger charge is 2.29. The van der Waals surface area contributed by atoms with Gasteiger partial charge in [-0.15, -0.1) is 0 Å². The molecule has 1 aliphatic rings. The maximum absolute atomic E-state index is 12.5. The lowest BCUT2D eigenvalue weighted by Crippen LogP contribution is -2.38. The number of ether oxygens (including phenoxy) is 1. The van der Waals surface area contributed by atoms with E-state index in [-0.39, 0.29) is 11.9 Å². The van der Waals surface area contributed by atoms with Gasteiger partial charge in [0.05, 0.1) is 6.04 Å². The molecular weight excluding hydrogens is 396 g/mol. The van der Waals surface area contributed by atoms with Crippen LogP contribution in [-0.2, 0) is 17.8 Å². The second-order valence-corrected chi connectivity index (χ2v) is 8.49. The van der Waals surface area contributed by atoms with Crippen LogP contribution in [0.2, 0.25) is 0 Å². The molecule has 3 aromatic rings. The minimum absolute atomic E-state index is 0.00414. The van der Waals surface area contributed by atoms with Crippen molar-refractivity contribution in [2.45, 2.75) is 39.0 Å². The summed E-state index contributed by atoms with van der Waals surface area (Å²) in [4.78, 5) is 16.7. The molecule has 2 atom stereocenters. The summed E-state index contributed by atoms with van der Waals surface area (Å²) in [6.07, 6.45) is 0.482. The molecule has 0 N–H and O–H groups in total. The van der Waals surface area contributed by atoms with Crippen molar-refractivity contribution in [2.75, 3.05) is 20.1 Å². The first-order chi connectivity index (χ1) is 15.6. The quantitative estimate of drug-likeness (QED) is 0.526. The largest absolute Gasteiger partial charge is 0.481 e. The van der Waals surface area contributed by atoms with Crippen LogP contribution in [0.4, 0.5) is 0 Å². The lowest BCUT2D eigenvalue weighted by atomic mass is 9.87. The predicted molar refractivity (Wildman–Crippen MR) is 129 cm³/mol. The van der Waals surface area contributed by atoms with Crippen LogP contribution in [0.25, 0.3) is 0 Å². The van der Waals surface area contributed by atoms with Crippen LogP contribution in [0, 0.1) is 0 Å². The molecule has 0 aliphatic carbocycles. The second-order valence-electron chi connectivity index (χ2n) is 8.49. The molecule has 0 fully saturated rings. The van der Waals surface area contributed by atoms with Gasteiger partial charge in [0, 0.05) is 26.7 Å². The Labute approximate surface area is 191 Å². The molecule has 1 heterocycles. The Balaban J connectivity index is 1.66. The van der Waals surface area contributed by atoms with Crippen molar-refractivity contribution < 1.29 is 9.53 Å². The van der Waals surface area contributed by atoms with Crippen LogP contribution in [0.15, 0.2) is 78.9 Å². The highest BCUT2D eigenvalue weighted by molar-refractivity contribution is 5.80. The number of hydrogen-bond acceptors (Lipinski definition) is 3. The van der Waals surface area contributed by atoms with Gasteiger partial charge < -0.3 is 9.64 Å². The zero-order valence-electron chi connectivity index (χ0n) is 19.2. The van der Waals surface area contributed by atoms with Crippen molar-refractivity contribution >= 4 is 5.91 Å². The minimum atomic E-state index is -0.516. The number of carbonyl (C=O) groups is 1. The highest BCUT2D eigenvalue weighted by atomic mass is 16.5. The van der Waals surface area contributed by atoms with Gasteiger partial charge in [0.2, 0.25) is 0 Å². The van der Waals surface area contributed by atoms with E-state index in [0.29, 0.717) is 6.54 Å². The summed E-state index contributed by atoms with van der Waals surface area (Å²) < 4.78 is 6.09. The molecule has 0 saturated carbocycles. The van der Waals surface area contributed by atoms with E-state index in [9.17, 15) is 4.79 Å². The van der Waals surface area contributed by atoms with Crippen LogP contribution in [0.1, 0.15) is 42.1 Å². The van der Waals surface area contributed by atoms with Gasteiger partial charge in [0.15, 0.2) is 6.10 Å². The van der Waals surface area contributed by atoms with Gasteiger partial charge in [-0.05, 0) is 54.7 Å². The summed E-state index contributed by atoms with van der Waals surface area (Å²) in [5, 5.41) is 0. The van der Waals surface area contributed by atoms with E-state index < -0.39 is 6.10 Å². The zero-order chi connectivity index (χ0) is 22.5. The zero-order valence-corrected chi connectivity index (χ0v) is 19.2. The smallest absolute Gasteiger partial charge is 0.263 e. The molecule has 4 nitrogen and oxygen atoms in total. The van der Waals surface area contributed by atoms with E-state index in [1.807, 2.05) is 27.0 Å². The average Bonchev–Trinajstić information content (AvgIpc) is 2.84. The molecule has 0 unspecified atom stereocenters. The fourth-order valence-corrected chi connectivity index (χ4v) is 4.45. The molecule has 0 aromatic heterocycles. The predicted octanol–water partition coefficient (Wildman–Crippen LogP) is 5.08. The maximum Gasteiger partial charge on any atom is 0.263 e. The van der Waals surface area contributed by atoms with Crippen LogP contribution in [-0.4, -0.2) is 41.9 Å². The Morgan fingerprint density at radius 1 is 1.06 bits per heavy atom. The van der Waals surface area contributed by atoms with Gasteiger partial charge >= 0.3 is 0 Å². The van der Waals surface area contributed by atoms with Crippen molar-refractivity contribution in [3.05, 3.63) is 101 Å². The van der Waals surface area contributed by atoms with Crippen molar-refractivity contribution in [1.29, 1.82) is 0 Å². The van der Waals surface area contributed by atoms with Crippen molar-refractivity contribution in [1.82, 2.24) is 9.80 Å². The second kappa shape index (κ2) is 10.0. The van der Waals surface area contributed by atoms with Gasteiger partial charge in [-0.2, -0.15) is 0 Å². The maximum atomic E-state index is 12.5. The molecule has 1 amide bonds. The lowest BCUT2D eigenvalue weighted by Gasteiger charge is -2.38. The molecule has 0 spiro atoms. The van der Waals surface area contributed by atoms with Crippen molar-refractivity contribution in [3.63, 3.8) is 0 Å². The van der Waals surface area contributed by atoms with Crippen molar-refractivity contribution in [3.8, 4) is 5.75 Å². The number of carbonyl (C=O) groups excluding carboxylic acids is 1. The number of likely N-dealkylation sites (N-methyl/N-ethyl adjacent to an activating group) is 1. The van der Waals surface area contributed by atoms with Gasteiger partial charge in [-0.25, -0.2) is 0 Å². The Kier molecular flexibility index (Phi) is 6.91. The van der Waals surface area contributed by atoms with E-state index >= 15 is 0 Å². The molecule has 0 bridgehead atoms. The Morgan fingerprint density at radius 3 is 2.44 bits per heavy atom. The lowest BCUT2D eigenvalue weighted by molar-refractivity contribution is -0.136. The molecule has 32 heavy (non-hydrogen) atoms. The number of benzene rings is 3. The summed E-state index contributed by atoms with van der Waals surface area (Å²) in [5.41, 5.74) is 5.20. The fourth-order valence-electron chi connectivity index (χ4n) is 4.45. The topological polar surface area (TPSA) is 32.8 Å². The summed E-state index contributed by atoms with van der Waals surface area (Å²) in [6, 6.07) is 27.8. The van der Waals surface area contributed by atoms with Crippen LogP contribution in [0.5, 0.6) is 5.75 Å². The van der Waals surface area contributed by atoms with E-state index in [2.05, 4.69) is 77.7 Å². The summed E-state index contributed by atoms with van der Waals surface area (Å²) >= 11 is 0. The van der Waals surface area contributed by atoms with Gasteiger partial charge in [-0.1, -0.05) is 66.7 Å². The first kappa shape index (κ1) is 22.1. The number of hydrogen-bond donors (Lipinski definition) is 0. The molecule has 4 heteroatoms. The summed E-state index contributed by atoms with van der Waals surface area (Å²) in [6.45, 7) is 6.35. The first-order valence-corrected chi connectivity index (χ1v) is 11.4. The standard InChI is InChI=1S/C28H32N2O2/c1-4-29(3)28(31)21(2)32-25-16-15-23-17-18-30(20-22-11-7-5-8-12-22)27(26(23)19-25)24-13-9-6-10-14-24/h5-16,19,21,27H,4,17-18,20H2,1-3H3/t21-,27-/m0/s1. The Morgan fingerprint density at radius 2 is 1.75 bits per heavy atom. The number of rotatable bonds is 7. The van der Waals surface area contributed by atoms with Gasteiger partial charge in [0.1, 0.15) is 5.75 Å². The van der Waals surface area contributed by atoms with Crippen LogP contribution >= 0.6 is 0 Å². The number of nitrogens with zero attached hydrogens (tertiary/aromatic N) is 2. The number of fused-ring (bicyclic) bond motifs is 1. The monoisotopic (exact) mass is 428 g/mol. The van der Waals surface area contributed by atoms with E-state index in [1.165, 1.54) is 22.3 Å². The fraction of sp³-hybridized carbons (Fsp3) is 0.321. The van der Waals surface area contributed by atoms with E-state index in [1.54, 1.807) is 4.90 Å². The van der Waals surface area contributed by atoms with Crippen LogP contribution in [0.3, 0.4) is 0 Å². The first-order valence-electron chi connectivity index (χ1n) is 11.4. The van der Waals surface area contributed by atoms with E-state index in [4.69, 9.17) is 4.74 Å². The van der Waals surface area contributed by atoms with Crippen LogP contribution < -0.4 is 4.74 Å². The third kappa shape index (κ3) is 4.86. The Bertz CT molecular complexity index is 1040. The molecule has 4 rings (SSSR count). The van der Waals surface area contributed by atoms with E-state index in [0.717, 1.165) is 25.3 Å². The molecule has 3 aromatic carbocycles. The molecule has 0 saturated heterocycles. The van der Waals surface area contributed by atoms with Gasteiger partial charge in [0.25, 0.3) is 5.91 Å². The molecule has 0 radical (unpaired) electrons. The Hall–Kier alpha value is -3.11. The third-order valence-electron chi connectivity index (χ3n) is 6.30. The number of amides is 1. The minimum Gasteiger partial charge on any atom is -0.481 e. The molecule has 1 aliphatic heterocycles. The summed E-state index contributed by atoms with van der Waals surface area (Å²) in [5.74, 6) is 0.743. The molecular formula is C28H32N2O2. The highest BCUT2D eigenvalue weighted by Crippen LogP contribution is 2.38. The average molecular weight is 429 g/mol. The van der Waals surface area contributed by atoms with Crippen molar-refractivity contribution in [2.24, 2.45) is 0 Å². The van der Waals surface area contributed by atoms with Gasteiger partial charge in [-0.3, -0.25) is 9.69 Å². The summed E-state index contributed by atoms with van der Waals surface area (Å²) in [7, 11) is 1.81. The normalized spacial score (nSPS) is 16.8. The molecule has 166 valence electrons.